The molecule has 6 nitrogen and oxygen atoms in total. The van der Waals surface area contributed by atoms with E-state index in [1.807, 2.05) is 0 Å². The van der Waals surface area contributed by atoms with Gasteiger partial charge >= 0.3 is 6.36 Å². The van der Waals surface area contributed by atoms with Crippen LogP contribution < -0.4 is 11.1 Å². The third-order valence-electron chi connectivity index (χ3n) is 5.22. The molecule has 168 valence electrons. The lowest BCUT2D eigenvalue weighted by atomic mass is 9.92. The van der Waals surface area contributed by atoms with E-state index >= 15 is 0 Å². The lowest BCUT2D eigenvalue weighted by Gasteiger charge is -2.36. The number of amides is 2. The Kier molecular flexibility index (Phi) is 7.08. The normalized spacial score (nSPS) is 24.3. The second-order valence-electron chi connectivity index (χ2n) is 7.38. The highest BCUT2D eigenvalue weighted by atomic mass is 35.5. The topological polar surface area (TPSA) is 84.7 Å². The van der Waals surface area contributed by atoms with E-state index in [1.54, 1.807) is 30.3 Å². The maximum absolute atomic E-state index is 13.1. The van der Waals surface area contributed by atoms with Crippen molar-refractivity contribution in [1.29, 1.82) is 0 Å². The molecule has 1 aliphatic carbocycles. The predicted octanol–water partition coefficient (Wildman–Crippen LogP) is 3.29. The zero-order valence-corrected chi connectivity index (χ0v) is 17.4. The van der Waals surface area contributed by atoms with Crippen LogP contribution in [0.5, 0.6) is 0 Å². The van der Waals surface area contributed by atoms with Gasteiger partial charge in [-0.2, -0.15) is 0 Å². The minimum atomic E-state index is -4.99. The summed E-state index contributed by atoms with van der Waals surface area (Å²) in [7, 11) is 0. The summed E-state index contributed by atoms with van der Waals surface area (Å²) in [6.07, 6.45) is -0.559. The summed E-state index contributed by atoms with van der Waals surface area (Å²) in [6, 6.07) is 7.59. The van der Waals surface area contributed by atoms with Crippen molar-refractivity contribution >= 4 is 29.0 Å². The van der Waals surface area contributed by atoms with Crippen LogP contribution in [0.4, 0.5) is 13.2 Å². The van der Waals surface area contributed by atoms with Gasteiger partial charge in [-0.3, -0.25) is 14.3 Å². The summed E-state index contributed by atoms with van der Waals surface area (Å²) in [5.74, 6) is -0.842. The number of halogens is 4. The first-order valence-electron chi connectivity index (χ1n) is 9.86. The number of carbonyl (C=O) groups is 2. The Morgan fingerprint density at radius 3 is 2.58 bits per heavy atom. The summed E-state index contributed by atoms with van der Waals surface area (Å²) >= 11 is 6.34. The zero-order chi connectivity index (χ0) is 22.6. The van der Waals surface area contributed by atoms with Crippen LogP contribution >= 0.6 is 11.6 Å². The van der Waals surface area contributed by atoms with E-state index < -0.39 is 29.8 Å². The van der Waals surface area contributed by atoms with E-state index in [0.717, 1.165) is 12.8 Å². The van der Waals surface area contributed by atoms with Crippen molar-refractivity contribution in [1.82, 2.24) is 10.2 Å². The van der Waals surface area contributed by atoms with Crippen molar-refractivity contribution in [2.45, 2.75) is 43.1 Å². The van der Waals surface area contributed by atoms with E-state index in [2.05, 4.69) is 10.1 Å². The van der Waals surface area contributed by atoms with Crippen LogP contribution in [0.2, 0.25) is 0 Å². The first-order valence-corrected chi connectivity index (χ1v) is 10.2. The predicted molar refractivity (Wildman–Crippen MR) is 109 cm³/mol. The highest BCUT2D eigenvalue weighted by Gasteiger charge is 2.47. The molecule has 2 aliphatic rings. The number of ether oxygens (including phenoxy) is 1. The quantitative estimate of drug-likeness (QED) is 0.664. The average molecular weight is 458 g/mol. The summed E-state index contributed by atoms with van der Waals surface area (Å²) in [4.78, 5) is 26.3. The van der Waals surface area contributed by atoms with Crippen molar-refractivity contribution < 1.29 is 27.5 Å². The molecule has 0 spiro atoms. The van der Waals surface area contributed by atoms with Gasteiger partial charge in [0, 0.05) is 24.2 Å². The summed E-state index contributed by atoms with van der Waals surface area (Å²) < 4.78 is 43.7. The summed E-state index contributed by atoms with van der Waals surface area (Å²) in [6.45, 7) is 0.182. The van der Waals surface area contributed by atoms with E-state index in [0.29, 0.717) is 18.5 Å². The third kappa shape index (κ3) is 5.66. The number of hydrogen-bond acceptors (Lipinski definition) is 4. The number of rotatable bonds is 5. The third-order valence-corrected chi connectivity index (χ3v) is 5.63. The van der Waals surface area contributed by atoms with Gasteiger partial charge in [-0.25, -0.2) is 0 Å². The van der Waals surface area contributed by atoms with E-state index in [4.69, 9.17) is 17.3 Å². The average Bonchev–Trinajstić information content (AvgIpc) is 2.72. The highest BCUT2D eigenvalue weighted by Crippen LogP contribution is 2.45. The van der Waals surface area contributed by atoms with E-state index in [1.165, 1.54) is 17.1 Å². The van der Waals surface area contributed by atoms with E-state index in [-0.39, 0.29) is 23.7 Å². The van der Waals surface area contributed by atoms with Gasteiger partial charge in [0.25, 0.3) is 0 Å². The number of likely N-dealkylation sites (tertiary alicyclic amines) is 1. The largest absolute Gasteiger partial charge is 0.524 e. The standard InChI is InChI=1S/C21H23ClF3N3O3/c22-20(31-21(23,24)25)12-15(9-10-16(20)14-6-2-1-3-7-14)27-19(30)17-8-4-5-11-28(17)18(29)13-26/h1-3,6-7,9-10,17H,4-5,8,11-13,26H2,(H,27,30). The van der Waals surface area contributed by atoms with Crippen molar-refractivity contribution in [2.75, 3.05) is 13.1 Å². The lowest BCUT2D eigenvalue weighted by Crippen LogP contribution is -2.53. The number of piperidine rings is 1. The monoisotopic (exact) mass is 457 g/mol. The Morgan fingerprint density at radius 2 is 1.94 bits per heavy atom. The smallest absolute Gasteiger partial charge is 0.330 e. The van der Waals surface area contributed by atoms with Gasteiger partial charge < -0.3 is 16.0 Å². The van der Waals surface area contributed by atoms with Gasteiger partial charge in [0.15, 0.2) is 5.06 Å². The molecule has 2 unspecified atom stereocenters. The molecule has 2 atom stereocenters. The molecule has 0 bridgehead atoms. The van der Waals surface area contributed by atoms with Crippen molar-refractivity contribution in [3.8, 4) is 0 Å². The summed E-state index contributed by atoms with van der Waals surface area (Å²) in [5, 5.41) is 0.368. The van der Waals surface area contributed by atoms with Gasteiger partial charge in [0.1, 0.15) is 6.04 Å². The van der Waals surface area contributed by atoms with Crippen LogP contribution in [0.15, 0.2) is 48.2 Å². The van der Waals surface area contributed by atoms with Crippen LogP contribution in [0.3, 0.4) is 0 Å². The molecular formula is C21H23ClF3N3O3. The molecule has 1 saturated heterocycles. The molecule has 0 radical (unpaired) electrons. The fourth-order valence-electron chi connectivity index (χ4n) is 3.86. The fourth-order valence-corrected chi connectivity index (χ4v) is 4.26. The Bertz CT molecular complexity index is 889. The minimum absolute atomic E-state index is 0.127. The van der Waals surface area contributed by atoms with E-state index in [9.17, 15) is 22.8 Å². The van der Waals surface area contributed by atoms with Crippen LogP contribution in [-0.2, 0) is 14.3 Å². The van der Waals surface area contributed by atoms with Gasteiger partial charge in [-0.05, 0) is 30.9 Å². The molecule has 2 amide bonds. The number of nitrogens with one attached hydrogen (secondary N) is 1. The first kappa shape index (κ1) is 23.3. The molecular weight excluding hydrogens is 435 g/mol. The van der Waals surface area contributed by atoms with Gasteiger partial charge in [0.05, 0.1) is 6.54 Å². The van der Waals surface area contributed by atoms with Crippen molar-refractivity contribution in [3.05, 3.63) is 53.7 Å². The lowest BCUT2D eigenvalue weighted by molar-refractivity contribution is -0.342. The highest BCUT2D eigenvalue weighted by molar-refractivity contribution is 6.29. The minimum Gasteiger partial charge on any atom is -0.330 e. The van der Waals surface area contributed by atoms with Crippen LogP contribution in [0, 0.1) is 0 Å². The molecule has 3 N–H and O–H groups in total. The molecule has 1 aromatic rings. The maximum Gasteiger partial charge on any atom is 0.524 e. The molecule has 1 aliphatic heterocycles. The Balaban J connectivity index is 1.85. The van der Waals surface area contributed by atoms with Gasteiger partial charge in [-0.15, -0.1) is 13.2 Å². The zero-order valence-electron chi connectivity index (χ0n) is 16.6. The molecule has 1 aromatic carbocycles. The van der Waals surface area contributed by atoms with Crippen molar-refractivity contribution in [2.24, 2.45) is 5.73 Å². The second kappa shape index (κ2) is 9.42. The van der Waals surface area contributed by atoms with Crippen LogP contribution in [-0.4, -0.2) is 47.3 Å². The molecule has 0 saturated carbocycles. The van der Waals surface area contributed by atoms with Crippen LogP contribution in [0.25, 0.3) is 5.57 Å². The number of allylic oxidation sites excluding steroid dienone is 2. The van der Waals surface area contributed by atoms with Gasteiger partial charge in [-0.1, -0.05) is 48.0 Å². The molecule has 1 fully saturated rings. The molecule has 10 heteroatoms. The first-order chi connectivity index (χ1) is 14.6. The number of carbonyl (C=O) groups excluding carboxylic acids is 2. The fraction of sp³-hybridized carbons (Fsp3) is 0.429. The Labute approximate surface area is 182 Å². The Hall–Kier alpha value is -2.36. The molecule has 3 rings (SSSR count). The van der Waals surface area contributed by atoms with Crippen molar-refractivity contribution in [3.63, 3.8) is 0 Å². The number of nitrogens with two attached hydrogens (primary N) is 1. The summed E-state index contributed by atoms with van der Waals surface area (Å²) in [5.41, 5.74) is 6.19. The Morgan fingerprint density at radius 1 is 1.23 bits per heavy atom. The number of alkyl halides is 4. The maximum atomic E-state index is 13.1. The second-order valence-corrected chi connectivity index (χ2v) is 7.99. The molecule has 0 aromatic heterocycles. The van der Waals surface area contributed by atoms with Gasteiger partial charge in [0.2, 0.25) is 11.8 Å². The number of benzene rings is 1. The molecule has 1 heterocycles. The number of nitrogens with zero attached hydrogens (tertiary/aromatic N) is 1. The molecule has 31 heavy (non-hydrogen) atoms. The number of hydrogen-bond donors (Lipinski definition) is 2. The SMILES string of the molecule is NCC(=O)N1CCCCC1C(=O)NC1=CC=C(c2ccccc2)C(Cl)(OC(F)(F)F)C1. The van der Waals surface area contributed by atoms with Crippen LogP contribution in [0.1, 0.15) is 31.2 Å².